The molecule has 0 spiro atoms. The fourth-order valence-electron chi connectivity index (χ4n) is 3.05. The number of amidine groups is 1. The molecule has 0 unspecified atom stereocenters. The molecular weight excluding hydrogens is 401 g/mol. The van der Waals surface area contributed by atoms with E-state index in [0.717, 1.165) is 27.6 Å². The highest BCUT2D eigenvalue weighted by Gasteiger charge is 2.30. The van der Waals surface area contributed by atoms with E-state index in [1.807, 2.05) is 23.6 Å². The van der Waals surface area contributed by atoms with Crippen LogP contribution in [0.25, 0.3) is 21.0 Å². The van der Waals surface area contributed by atoms with E-state index in [9.17, 15) is 13.2 Å². The number of hydrogen-bond donors (Lipinski definition) is 4. The summed E-state index contributed by atoms with van der Waals surface area (Å²) in [6, 6.07) is 12.3. The maximum absolute atomic E-state index is 13.0. The van der Waals surface area contributed by atoms with Crippen molar-refractivity contribution in [1.82, 2.24) is 10.4 Å². The summed E-state index contributed by atoms with van der Waals surface area (Å²) in [5, 5.41) is 10.2. The zero-order chi connectivity index (χ0) is 20.6. The van der Waals surface area contributed by atoms with Crippen molar-refractivity contribution in [2.75, 3.05) is 5.32 Å². The van der Waals surface area contributed by atoms with Gasteiger partial charge in [0.1, 0.15) is 5.82 Å². The Bertz CT molecular complexity index is 1230. The van der Waals surface area contributed by atoms with Gasteiger partial charge in [-0.3, -0.25) is 0 Å². The zero-order valence-corrected chi connectivity index (χ0v) is 15.6. The second kappa shape index (κ2) is 7.22. The number of benzene rings is 2. The van der Waals surface area contributed by atoms with Gasteiger partial charge in [0.2, 0.25) is 0 Å². The highest BCUT2D eigenvalue weighted by Crippen LogP contribution is 2.36. The number of nitrogens with two attached hydrogens (primary N) is 2. The number of thiophene rings is 1. The number of alkyl halides is 3. The molecule has 2 aromatic heterocycles. The van der Waals surface area contributed by atoms with Crippen LogP contribution >= 0.6 is 11.3 Å². The van der Waals surface area contributed by atoms with Crippen molar-refractivity contribution < 1.29 is 13.2 Å². The van der Waals surface area contributed by atoms with Crippen LogP contribution in [-0.2, 0) is 6.18 Å². The molecular formula is C19H15F3N6S. The third-order valence-corrected chi connectivity index (χ3v) is 5.33. The van der Waals surface area contributed by atoms with Crippen LogP contribution in [0.15, 0.2) is 59.0 Å². The number of hydrazine groups is 1. The van der Waals surface area contributed by atoms with Crippen molar-refractivity contribution in [2.24, 2.45) is 16.8 Å². The Balaban J connectivity index is 1.84. The highest BCUT2D eigenvalue weighted by molar-refractivity contribution is 7.18. The van der Waals surface area contributed by atoms with E-state index in [0.29, 0.717) is 22.6 Å². The minimum absolute atomic E-state index is 0.285. The molecule has 29 heavy (non-hydrogen) atoms. The van der Waals surface area contributed by atoms with Gasteiger partial charge in [0, 0.05) is 26.7 Å². The van der Waals surface area contributed by atoms with Crippen LogP contribution in [-0.4, -0.2) is 10.8 Å². The van der Waals surface area contributed by atoms with Crippen LogP contribution in [0.2, 0.25) is 0 Å². The van der Waals surface area contributed by atoms with Crippen LogP contribution in [0.1, 0.15) is 11.1 Å². The summed E-state index contributed by atoms with van der Waals surface area (Å²) in [4.78, 5) is 4.62. The average Bonchev–Trinajstić information content (AvgIpc) is 3.19. The van der Waals surface area contributed by atoms with E-state index in [1.54, 1.807) is 12.1 Å². The van der Waals surface area contributed by atoms with Crippen LogP contribution in [0.4, 0.5) is 24.7 Å². The van der Waals surface area contributed by atoms with E-state index in [-0.39, 0.29) is 5.84 Å². The molecule has 4 rings (SSSR count). The smallest absolute Gasteiger partial charge is 0.340 e. The molecule has 0 saturated heterocycles. The molecule has 2 heterocycles. The Labute approximate surface area is 167 Å². The number of nitrogens with one attached hydrogen (secondary N) is 2. The summed E-state index contributed by atoms with van der Waals surface area (Å²) >= 11 is 1.52. The molecule has 0 aliphatic carbocycles. The van der Waals surface area contributed by atoms with Crippen LogP contribution < -0.4 is 22.4 Å². The van der Waals surface area contributed by atoms with Crippen molar-refractivity contribution in [1.29, 1.82) is 0 Å². The SMILES string of the molecule is N/N=C(\NN)c1ccc2c(c1)nc(Nc1cccc(C(F)(F)F)c1)c1ccsc12. The first-order valence-electron chi connectivity index (χ1n) is 8.41. The number of rotatable bonds is 3. The number of hydrogen-bond acceptors (Lipinski definition) is 6. The molecule has 0 radical (unpaired) electrons. The molecule has 0 saturated carbocycles. The molecule has 0 fully saturated rings. The fraction of sp³-hybridized carbons (Fsp3) is 0.0526. The third-order valence-electron chi connectivity index (χ3n) is 4.39. The second-order valence-electron chi connectivity index (χ2n) is 6.18. The lowest BCUT2D eigenvalue weighted by molar-refractivity contribution is -0.137. The molecule has 0 aliphatic rings. The topological polar surface area (TPSA) is 101 Å². The van der Waals surface area contributed by atoms with Gasteiger partial charge < -0.3 is 16.6 Å². The number of hydrazone groups is 1. The fourth-order valence-corrected chi connectivity index (χ4v) is 3.98. The Morgan fingerprint density at radius 3 is 2.62 bits per heavy atom. The van der Waals surface area contributed by atoms with Crippen LogP contribution in [0.5, 0.6) is 0 Å². The summed E-state index contributed by atoms with van der Waals surface area (Å²) in [6.07, 6.45) is -4.42. The van der Waals surface area contributed by atoms with Gasteiger partial charge in [0.05, 0.1) is 11.1 Å². The third kappa shape index (κ3) is 3.55. The minimum Gasteiger partial charge on any atom is -0.340 e. The van der Waals surface area contributed by atoms with E-state index < -0.39 is 11.7 Å². The zero-order valence-electron chi connectivity index (χ0n) is 14.8. The van der Waals surface area contributed by atoms with Gasteiger partial charge in [-0.2, -0.15) is 18.3 Å². The Morgan fingerprint density at radius 1 is 1.07 bits per heavy atom. The van der Waals surface area contributed by atoms with Crippen molar-refractivity contribution in [3.8, 4) is 0 Å². The number of fused-ring (bicyclic) bond motifs is 3. The molecule has 148 valence electrons. The van der Waals surface area contributed by atoms with E-state index >= 15 is 0 Å². The van der Waals surface area contributed by atoms with E-state index in [4.69, 9.17) is 11.7 Å². The predicted molar refractivity (Wildman–Crippen MR) is 110 cm³/mol. The first-order chi connectivity index (χ1) is 13.9. The molecule has 6 N–H and O–H groups in total. The lowest BCUT2D eigenvalue weighted by Gasteiger charge is -2.12. The van der Waals surface area contributed by atoms with E-state index in [2.05, 4.69) is 20.8 Å². The Kier molecular flexibility index (Phi) is 4.73. The summed E-state index contributed by atoms with van der Waals surface area (Å²) in [6.45, 7) is 0. The molecule has 2 aromatic carbocycles. The summed E-state index contributed by atoms with van der Waals surface area (Å²) < 4.78 is 40.0. The summed E-state index contributed by atoms with van der Waals surface area (Å²) in [5.74, 6) is 11.5. The van der Waals surface area contributed by atoms with Gasteiger partial charge in [-0.25, -0.2) is 10.8 Å². The normalized spacial score (nSPS) is 12.5. The van der Waals surface area contributed by atoms with Crippen LogP contribution in [0.3, 0.4) is 0 Å². The number of nitrogens with zero attached hydrogens (tertiary/aromatic N) is 2. The molecule has 4 aromatic rings. The highest BCUT2D eigenvalue weighted by atomic mass is 32.1. The number of pyridine rings is 1. The van der Waals surface area contributed by atoms with Gasteiger partial charge in [0.25, 0.3) is 0 Å². The van der Waals surface area contributed by atoms with Gasteiger partial charge in [-0.05, 0) is 35.7 Å². The number of halogens is 3. The Hall–Kier alpha value is -3.37. The molecule has 6 nitrogen and oxygen atoms in total. The largest absolute Gasteiger partial charge is 0.416 e. The maximum atomic E-state index is 13.0. The van der Waals surface area contributed by atoms with Crippen molar-refractivity contribution >= 4 is 49.7 Å². The Morgan fingerprint density at radius 2 is 1.90 bits per heavy atom. The van der Waals surface area contributed by atoms with Crippen LogP contribution in [0, 0.1) is 0 Å². The lowest BCUT2D eigenvalue weighted by atomic mass is 10.1. The standard InChI is InChI=1S/C19H15F3N6S/c20-19(21,22)11-2-1-3-12(9-11)25-18-14-6-7-29-16(14)13-5-4-10(8-15(13)26-18)17(27-23)28-24/h1-9H,23-24H2,(H,25,26)(H,27,28). The predicted octanol–water partition coefficient (Wildman–Crippen LogP) is 4.30. The molecule has 0 aliphatic heterocycles. The van der Waals surface area contributed by atoms with Crippen molar-refractivity contribution in [2.45, 2.75) is 6.18 Å². The minimum atomic E-state index is -4.42. The first-order valence-corrected chi connectivity index (χ1v) is 9.29. The van der Waals surface area contributed by atoms with Gasteiger partial charge in [-0.15, -0.1) is 11.3 Å². The average molecular weight is 416 g/mol. The van der Waals surface area contributed by atoms with Gasteiger partial charge in [0.15, 0.2) is 5.84 Å². The number of anilines is 2. The quantitative estimate of drug-likeness (QED) is 0.173. The maximum Gasteiger partial charge on any atom is 0.416 e. The van der Waals surface area contributed by atoms with Gasteiger partial charge in [-0.1, -0.05) is 18.2 Å². The van der Waals surface area contributed by atoms with Crippen molar-refractivity contribution in [3.05, 3.63) is 65.0 Å². The van der Waals surface area contributed by atoms with Crippen molar-refractivity contribution in [3.63, 3.8) is 0 Å². The lowest BCUT2D eigenvalue weighted by Crippen LogP contribution is -2.32. The first kappa shape index (κ1) is 19.0. The van der Waals surface area contributed by atoms with Gasteiger partial charge >= 0.3 is 6.18 Å². The molecule has 0 atom stereocenters. The molecule has 0 bridgehead atoms. The molecule has 10 heteroatoms. The molecule has 0 amide bonds. The number of aromatic nitrogens is 1. The summed E-state index contributed by atoms with van der Waals surface area (Å²) in [7, 11) is 0. The summed E-state index contributed by atoms with van der Waals surface area (Å²) in [5.41, 5.74) is 3.24. The van der Waals surface area contributed by atoms with E-state index in [1.165, 1.54) is 17.4 Å². The second-order valence-corrected chi connectivity index (χ2v) is 7.10. The monoisotopic (exact) mass is 416 g/mol.